The fraction of sp³-hybridized carbons (Fsp3) is 0.889. The lowest BCUT2D eigenvalue weighted by atomic mass is 10.1. The number of carbonyl (C=O) groups excluding carboxylic acids is 1. The fourth-order valence-electron chi connectivity index (χ4n) is 1.10. The number of thioether (sulfide) groups is 1. The molecule has 0 rings (SSSR count). The van der Waals surface area contributed by atoms with E-state index in [9.17, 15) is 31.1 Å². The lowest BCUT2D eigenvalue weighted by molar-refractivity contribution is -0.274. The summed E-state index contributed by atoms with van der Waals surface area (Å²) in [4.78, 5) is 10.9. The van der Waals surface area contributed by atoms with Crippen LogP contribution in [-0.2, 0) is 4.79 Å². The second kappa shape index (κ2) is 7.83. The first kappa shape index (κ1) is 18.4. The van der Waals surface area contributed by atoms with Crippen molar-refractivity contribution < 1.29 is 36.2 Å². The third-order valence-corrected chi connectivity index (χ3v) is 2.98. The van der Waals surface area contributed by atoms with Gasteiger partial charge in [0.05, 0.1) is 0 Å². The van der Waals surface area contributed by atoms with E-state index in [4.69, 9.17) is 5.11 Å². The second-order valence-electron chi connectivity index (χ2n) is 3.50. The molecule has 1 amide bonds. The predicted molar refractivity (Wildman–Crippen MR) is 57.6 cm³/mol. The summed E-state index contributed by atoms with van der Waals surface area (Å²) in [6.07, 6.45) is -10.9. The highest BCUT2D eigenvalue weighted by atomic mass is 32.2. The Morgan fingerprint density at radius 3 is 2.05 bits per heavy atom. The van der Waals surface area contributed by atoms with Crippen molar-refractivity contribution in [1.82, 2.24) is 5.32 Å². The minimum absolute atomic E-state index is 0.0520. The molecular formula is C9H13F6NO2S. The van der Waals surface area contributed by atoms with E-state index in [1.807, 2.05) is 0 Å². The van der Waals surface area contributed by atoms with Crippen molar-refractivity contribution in [3.8, 4) is 0 Å². The molecule has 0 saturated heterocycles. The quantitative estimate of drug-likeness (QED) is 0.558. The van der Waals surface area contributed by atoms with Gasteiger partial charge in [0.25, 0.3) is 0 Å². The zero-order chi connectivity index (χ0) is 15.1. The van der Waals surface area contributed by atoms with Gasteiger partial charge in [0.2, 0.25) is 11.8 Å². The standard InChI is InChI=1S/C9H13F6NO2S/c10-8(11,12)6(9(13,14)15)7(18)16-2-5-19-4-1-3-17/h6,17H,1-5H2,(H,16,18). The molecule has 0 atom stereocenters. The van der Waals surface area contributed by atoms with Crippen molar-refractivity contribution in [3.05, 3.63) is 0 Å². The summed E-state index contributed by atoms with van der Waals surface area (Å²) >= 11 is 1.21. The molecule has 114 valence electrons. The normalized spacial score (nSPS) is 12.8. The van der Waals surface area contributed by atoms with Gasteiger partial charge in [-0.05, 0) is 12.2 Å². The van der Waals surface area contributed by atoms with Gasteiger partial charge in [0.15, 0.2) is 0 Å². The number of nitrogens with one attached hydrogen (secondary N) is 1. The molecule has 0 radical (unpaired) electrons. The topological polar surface area (TPSA) is 49.3 Å². The minimum atomic E-state index is -5.66. The summed E-state index contributed by atoms with van der Waals surface area (Å²) in [5.41, 5.74) is 0. The molecule has 0 heterocycles. The molecule has 0 aromatic rings. The zero-order valence-electron chi connectivity index (χ0n) is 9.64. The van der Waals surface area contributed by atoms with E-state index >= 15 is 0 Å². The van der Waals surface area contributed by atoms with Crippen LogP contribution in [0.15, 0.2) is 0 Å². The Hall–Kier alpha value is -0.640. The molecule has 0 fully saturated rings. The number of alkyl halides is 6. The van der Waals surface area contributed by atoms with Crippen molar-refractivity contribution in [2.75, 3.05) is 24.7 Å². The van der Waals surface area contributed by atoms with Crippen LogP contribution in [0.1, 0.15) is 6.42 Å². The van der Waals surface area contributed by atoms with Gasteiger partial charge >= 0.3 is 12.4 Å². The van der Waals surface area contributed by atoms with Gasteiger partial charge < -0.3 is 10.4 Å². The smallest absolute Gasteiger partial charge is 0.396 e. The van der Waals surface area contributed by atoms with E-state index in [2.05, 4.69) is 0 Å². The number of rotatable bonds is 7. The summed E-state index contributed by atoms with van der Waals surface area (Å²) in [6, 6.07) is 0. The highest BCUT2D eigenvalue weighted by Crippen LogP contribution is 2.39. The molecule has 0 aromatic carbocycles. The summed E-state index contributed by atoms with van der Waals surface area (Å²) in [5, 5.41) is 10.0. The van der Waals surface area contributed by atoms with Crippen molar-refractivity contribution in [1.29, 1.82) is 0 Å². The van der Waals surface area contributed by atoms with E-state index in [0.717, 1.165) is 0 Å². The minimum Gasteiger partial charge on any atom is -0.396 e. The van der Waals surface area contributed by atoms with Crippen LogP contribution < -0.4 is 5.32 Å². The Balaban J connectivity index is 4.22. The Bertz CT molecular complexity index is 267. The number of aliphatic hydroxyl groups excluding tert-OH is 1. The number of carbonyl (C=O) groups is 1. The molecule has 0 aliphatic heterocycles. The van der Waals surface area contributed by atoms with Gasteiger partial charge in [-0.25, -0.2) is 0 Å². The van der Waals surface area contributed by atoms with Gasteiger partial charge in [-0.15, -0.1) is 0 Å². The summed E-state index contributed by atoms with van der Waals surface area (Å²) in [5.74, 6) is -5.41. The van der Waals surface area contributed by atoms with Crippen LogP contribution in [0.25, 0.3) is 0 Å². The first-order valence-corrected chi connectivity index (χ1v) is 6.36. The molecule has 0 saturated carbocycles. The molecule has 19 heavy (non-hydrogen) atoms. The van der Waals surface area contributed by atoms with Crippen LogP contribution in [0.4, 0.5) is 26.3 Å². The predicted octanol–water partition coefficient (Wildman–Crippen LogP) is 1.96. The first-order valence-electron chi connectivity index (χ1n) is 5.20. The summed E-state index contributed by atoms with van der Waals surface area (Å²) in [6.45, 7) is -0.346. The molecule has 2 N–H and O–H groups in total. The highest BCUT2D eigenvalue weighted by Gasteiger charge is 2.60. The average molecular weight is 313 g/mol. The number of hydrogen-bond donors (Lipinski definition) is 2. The Labute approximate surface area is 109 Å². The molecule has 0 aliphatic rings. The zero-order valence-corrected chi connectivity index (χ0v) is 10.5. The molecule has 10 heteroatoms. The summed E-state index contributed by atoms with van der Waals surface area (Å²) in [7, 11) is 0. The maximum Gasteiger partial charge on any atom is 0.409 e. The highest BCUT2D eigenvalue weighted by molar-refractivity contribution is 7.99. The van der Waals surface area contributed by atoms with Crippen LogP contribution in [-0.4, -0.2) is 48.0 Å². The van der Waals surface area contributed by atoms with Gasteiger partial charge in [0, 0.05) is 18.9 Å². The Morgan fingerprint density at radius 1 is 1.11 bits per heavy atom. The summed E-state index contributed by atoms with van der Waals surface area (Å²) < 4.78 is 72.8. The van der Waals surface area contributed by atoms with Crippen molar-refractivity contribution in [2.24, 2.45) is 5.92 Å². The lowest BCUT2D eigenvalue weighted by Gasteiger charge is -2.21. The Morgan fingerprint density at radius 2 is 1.63 bits per heavy atom. The maximum absolute atomic E-state index is 12.1. The van der Waals surface area contributed by atoms with E-state index in [1.54, 1.807) is 5.32 Å². The monoisotopic (exact) mass is 313 g/mol. The molecule has 0 aliphatic carbocycles. The lowest BCUT2D eigenvalue weighted by Crippen LogP contribution is -2.48. The van der Waals surface area contributed by atoms with Crippen LogP contribution >= 0.6 is 11.8 Å². The molecule has 0 aromatic heterocycles. The van der Waals surface area contributed by atoms with E-state index < -0.39 is 24.2 Å². The van der Waals surface area contributed by atoms with Crippen LogP contribution in [0, 0.1) is 5.92 Å². The molecule has 0 bridgehead atoms. The number of aliphatic hydroxyl groups is 1. The largest absolute Gasteiger partial charge is 0.409 e. The maximum atomic E-state index is 12.1. The van der Waals surface area contributed by atoms with E-state index in [0.29, 0.717) is 12.2 Å². The van der Waals surface area contributed by atoms with Crippen molar-refractivity contribution in [3.63, 3.8) is 0 Å². The molecule has 0 unspecified atom stereocenters. The van der Waals surface area contributed by atoms with Crippen LogP contribution in [0.2, 0.25) is 0 Å². The second-order valence-corrected chi connectivity index (χ2v) is 4.72. The van der Waals surface area contributed by atoms with Gasteiger partial charge in [0.1, 0.15) is 0 Å². The number of halogens is 6. The number of amides is 1. The van der Waals surface area contributed by atoms with Gasteiger partial charge in [-0.2, -0.15) is 38.1 Å². The van der Waals surface area contributed by atoms with Crippen LogP contribution in [0.5, 0.6) is 0 Å². The van der Waals surface area contributed by atoms with Gasteiger partial charge in [-0.3, -0.25) is 4.79 Å². The van der Waals surface area contributed by atoms with E-state index in [-0.39, 0.29) is 18.9 Å². The van der Waals surface area contributed by atoms with Crippen molar-refractivity contribution >= 4 is 17.7 Å². The van der Waals surface area contributed by atoms with Gasteiger partial charge in [-0.1, -0.05) is 0 Å². The Kier molecular flexibility index (Phi) is 7.57. The first-order chi connectivity index (χ1) is 8.60. The number of hydrogen-bond acceptors (Lipinski definition) is 3. The third kappa shape index (κ3) is 7.51. The third-order valence-electron chi connectivity index (χ3n) is 1.91. The van der Waals surface area contributed by atoms with Crippen LogP contribution in [0.3, 0.4) is 0 Å². The molecule has 0 spiro atoms. The average Bonchev–Trinajstić information content (AvgIpc) is 2.18. The SMILES string of the molecule is O=C(NCCSCCCO)C(C(F)(F)F)C(F)(F)F. The van der Waals surface area contributed by atoms with Crippen molar-refractivity contribution in [2.45, 2.75) is 18.8 Å². The molecular weight excluding hydrogens is 300 g/mol. The van der Waals surface area contributed by atoms with E-state index in [1.165, 1.54) is 11.8 Å². The fourth-order valence-corrected chi connectivity index (χ4v) is 1.88. The molecule has 3 nitrogen and oxygen atoms in total.